The number of anilines is 2. The lowest BCUT2D eigenvalue weighted by Crippen LogP contribution is -2.26. The molecule has 0 saturated heterocycles. The lowest BCUT2D eigenvalue weighted by molar-refractivity contribution is 0.319. The number of nitrogens with one attached hydrogen (secondary N) is 2. The van der Waals surface area contributed by atoms with Gasteiger partial charge in [-0.1, -0.05) is 19.8 Å². The van der Waals surface area contributed by atoms with Gasteiger partial charge in [-0.2, -0.15) is 0 Å². The molecule has 1 saturated carbocycles. The maximum absolute atomic E-state index is 11.2. The Morgan fingerprint density at radius 3 is 2.14 bits per heavy atom. The minimum absolute atomic E-state index is 0.548. The first-order chi connectivity index (χ1) is 9.96. The molecule has 0 aromatic heterocycles. The third kappa shape index (κ3) is 5.58. The molecule has 1 fully saturated rings. The molecule has 0 bridgehead atoms. The Hall–Kier alpha value is -1.23. The molecule has 118 valence electrons. The smallest absolute Gasteiger partial charge is 0.229 e. The van der Waals surface area contributed by atoms with Gasteiger partial charge >= 0.3 is 0 Å². The topological polar surface area (TPSA) is 58.2 Å². The average Bonchev–Trinajstić information content (AvgIpc) is 2.42. The molecule has 0 spiro atoms. The van der Waals surface area contributed by atoms with Gasteiger partial charge in [0.15, 0.2) is 0 Å². The molecule has 1 aromatic rings. The molecule has 1 aliphatic rings. The zero-order valence-corrected chi connectivity index (χ0v) is 13.7. The van der Waals surface area contributed by atoms with Crippen molar-refractivity contribution in [1.29, 1.82) is 0 Å². The molecule has 5 heteroatoms. The van der Waals surface area contributed by atoms with Crippen LogP contribution < -0.4 is 10.0 Å². The SMILES string of the molecule is CCCC1CCC(Nc2ccc(NS(C)(=O)=O)cc2)CC1. The van der Waals surface area contributed by atoms with E-state index in [4.69, 9.17) is 0 Å². The highest BCUT2D eigenvalue weighted by molar-refractivity contribution is 7.92. The Labute approximate surface area is 128 Å². The standard InChI is InChI=1S/C16H26N2O2S/c1-3-4-13-5-7-14(8-6-13)17-15-9-11-16(12-10-15)18-21(2,19)20/h9-14,17-18H,3-8H2,1-2H3. The summed E-state index contributed by atoms with van der Waals surface area (Å²) in [6, 6.07) is 8.02. The Kier molecular flexibility index (Phi) is 5.51. The molecule has 4 nitrogen and oxygen atoms in total. The van der Waals surface area contributed by atoms with Crippen molar-refractivity contribution in [2.45, 2.75) is 51.5 Å². The molecule has 0 heterocycles. The quantitative estimate of drug-likeness (QED) is 0.839. The summed E-state index contributed by atoms with van der Waals surface area (Å²) >= 11 is 0. The third-order valence-corrected chi connectivity index (χ3v) is 4.71. The van der Waals surface area contributed by atoms with Gasteiger partial charge in [-0.05, 0) is 55.9 Å². The van der Waals surface area contributed by atoms with E-state index in [2.05, 4.69) is 17.0 Å². The maximum atomic E-state index is 11.2. The average molecular weight is 310 g/mol. The second-order valence-electron chi connectivity index (χ2n) is 6.10. The van der Waals surface area contributed by atoms with Crippen molar-refractivity contribution in [2.75, 3.05) is 16.3 Å². The number of hydrogen-bond acceptors (Lipinski definition) is 3. The first-order valence-corrected chi connectivity index (χ1v) is 9.70. The molecule has 21 heavy (non-hydrogen) atoms. The van der Waals surface area contributed by atoms with Gasteiger partial charge in [-0.15, -0.1) is 0 Å². The van der Waals surface area contributed by atoms with Crippen LogP contribution in [0.25, 0.3) is 0 Å². The zero-order valence-electron chi connectivity index (χ0n) is 12.9. The van der Waals surface area contributed by atoms with Crippen LogP contribution in [0.15, 0.2) is 24.3 Å². The predicted molar refractivity (Wildman–Crippen MR) is 89.2 cm³/mol. The van der Waals surface area contributed by atoms with Gasteiger partial charge in [0, 0.05) is 17.4 Å². The van der Waals surface area contributed by atoms with Crippen LogP contribution in [0.4, 0.5) is 11.4 Å². The zero-order chi connectivity index (χ0) is 15.3. The van der Waals surface area contributed by atoms with Crippen molar-refractivity contribution < 1.29 is 8.42 Å². The second-order valence-corrected chi connectivity index (χ2v) is 7.85. The molecule has 2 N–H and O–H groups in total. The Bertz CT molecular complexity index is 532. The van der Waals surface area contributed by atoms with Crippen LogP contribution in [0.1, 0.15) is 45.4 Å². The molecule has 0 atom stereocenters. The van der Waals surface area contributed by atoms with Crippen molar-refractivity contribution >= 4 is 21.4 Å². The molecule has 1 aromatic carbocycles. The second kappa shape index (κ2) is 7.16. The first kappa shape index (κ1) is 16.1. The fourth-order valence-corrected chi connectivity index (χ4v) is 3.65. The van der Waals surface area contributed by atoms with Gasteiger partial charge in [-0.25, -0.2) is 8.42 Å². The lowest BCUT2D eigenvalue weighted by Gasteiger charge is -2.29. The largest absolute Gasteiger partial charge is 0.382 e. The van der Waals surface area contributed by atoms with Gasteiger partial charge in [0.2, 0.25) is 10.0 Å². The van der Waals surface area contributed by atoms with E-state index >= 15 is 0 Å². The van der Waals surface area contributed by atoms with E-state index in [9.17, 15) is 8.42 Å². The van der Waals surface area contributed by atoms with Crippen molar-refractivity contribution in [3.05, 3.63) is 24.3 Å². The fraction of sp³-hybridized carbons (Fsp3) is 0.625. The molecule has 0 radical (unpaired) electrons. The van der Waals surface area contributed by atoms with Gasteiger partial charge in [0.25, 0.3) is 0 Å². The summed E-state index contributed by atoms with van der Waals surface area (Å²) in [7, 11) is -3.20. The molecule has 2 rings (SSSR count). The van der Waals surface area contributed by atoms with E-state index < -0.39 is 10.0 Å². The summed E-state index contributed by atoms with van der Waals surface area (Å²) < 4.78 is 24.8. The Morgan fingerprint density at radius 1 is 1.05 bits per heavy atom. The Balaban J connectivity index is 1.84. The highest BCUT2D eigenvalue weighted by atomic mass is 32.2. The Morgan fingerprint density at radius 2 is 1.62 bits per heavy atom. The summed E-state index contributed by atoms with van der Waals surface area (Å²) in [6.45, 7) is 2.26. The number of sulfonamides is 1. The molecule has 0 amide bonds. The maximum Gasteiger partial charge on any atom is 0.229 e. The van der Waals surface area contributed by atoms with Crippen molar-refractivity contribution in [2.24, 2.45) is 5.92 Å². The summed E-state index contributed by atoms with van der Waals surface area (Å²) in [5.74, 6) is 0.911. The summed E-state index contributed by atoms with van der Waals surface area (Å²) in [4.78, 5) is 0. The van der Waals surface area contributed by atoms with Crippen LogP contribution in [0.5, 0.6) is 0 Å². The first-order valence-electron chi connectivity index (χ1n) is 7.80. The van der Waals surface area contributed by atoms with E-state index in [0.717, 1.165) is 17.9 Å². The van der Waals surface area contributed by atoms with Crippen LogP contribution in [-0.2, 0) is 10.0 Å². The summed E-state index contributed by atoms with van der Waals surface area (Å²) in [5.41, 5.74) is 1.67. The number of rotatable bonds is 6. The van der Waals surface area contributed by atoms with Crippen LogP contribution in [0, 0.1) is 5.92 Å². The highest BCUT2D eigenvalue weighted by Crippen LogP contribution is 2.29. The minimum Gasteiger partial charge on any atom is -0.382 e. The van der Waals surface area contributed by atoms with E-state index in [-0.39, 0.29) is 0 Å². The number of benzene rings is 1. The molecular formula is C16H26N2O2S. The lowest BCUT2D eigenvalue weighted by atomic mass is 9.83. The van der Waals surface area contributed by atoms with Crippen molar-refractivity contribution in [1.82, 2.24) is 0 Å². The van der Waals surface area contributed by atoms with Crippen LogP contribution in [0.3, 0.4) is 0 Å². The van der Waals surface area contributed by atoms with Crippen LogP contribution in [0.2, 0.25) is 0 Å². The van der Waals surface area contributed by atoms with Gasteiger partial charge < -0.3 is 5.32 Å². The fourth-order valence-electron chi connectivity index (χ4n) is 3.09. The normalized spacial score (nSPS) is 22.8. The van der Waals surface area contributed by atoms with Crippen molar-refractivity contribution in [3.63, 3.8) is 0 Å². The van der Waals surface area contributed by atoms with Gasteiger partial charge in [-0.3, -0.25) is 4.72 Å². The van der Waals surface area contributed by atoms with E-state index in [1.807, 2.05) is 12.1 Å². The third-order valence-electron chi connectivity index (χ3n) is 4.10. The predicted octanol–water partition coefficient (Wildman–Crippen LogP) is 3.83. The van der Waals surface area contributed by atoms with E-state index in [1.165, 1.54) is 38.5 Å². The summed E-state index contributed by atoms with van der Waals surface area (Å²) in [6.07, 6.45) is 8.91. The van der Waals surface area contributed by atoms with E-state index in [0.29, 0.717) is 11.7 Å². The molecule has 0 unspecified atom stereocenters. The van der Waals surface area contributed by atoms with Crippen molar-refractivity contribution in [3.8, 4) is 0 Å². The van der Waals surface area contributed by atoms with Gasteiger partial charge in [0.05, 0.1) is 6.26 Å². The van der Waals surface area contributed by atoms with E-state index in [1.54, 1.807) is 12.1 Å². The summed E-state index contributed by atoms with van der Waals surface area (Å²) in [5, 5.41) is 3.56. The molecular weight excluding hydrogens is 284 g/mol. The molecule has 0 aliphatic heterocycles. The minimum atomic E-state index is -3.20. The number of hydrogen-bond donors (Lipinski definition) is 2. The highest BCUT2D eigenvalue weighted by Gasteiger charge is 2.20. The van der Waals surface area contributed by atoms with Crippen LogP contribution in [-0.4, -0.2) is 20.7 Å². The van der Waals surface area contributed by atoms with Crippen LogP contribution >= 0.6 is 0 Å². The molecule has 1 aliphatic carbocycles. The monoisotopic (exact) mass is 310 g/mol. The van der Waals surface area contributed by atoms with Gasteiger partial charge in [0.1, 0.15) is 0 Å².